The number of fused-ring (bicyclic) bond motifs is 1. The predicted molar refractivity (Wildman–Crippen MR) is 119 cm³/mol. The van der Waals surface area contributed by atoms with Gasteiger partial charge in [-0.25, -0.2) is 23.3 Å². The van der Waals surface area contributed by atoms with Crippen LogP contribution >= 0.6 is 15.9 Å². The Labute approximate surface area is 184 Å². The van der Waals surface area contributed by atoms with Crippen molar-refractivity contribution in [3.8, 4) is 22.5 Å². The number of halogens is 3. The molecule has 1 N–H and O–H groups in total. The van der Waals surface area contributed by atoms with Crippen LogP contribution in [0.2, 0.25) is 0 Å². The average molecular weight is 478 g/mol. The van der Waals surface area contributed by atoms with E-state index in [0.29, 0.717) is 22.5 Å². The molecule has 0 saturated heterocycles. The van der Waals surface area contributed by atoms with Gasteiger partial charge in [-0.15, -0.1) is 0 Å². The van der Waals surface area contributed by atoms with E-state index in [1.165, 1.54) is 12.1 Å². The van der Waals surface area contributed by atoms with Crippen molar-refractivity contribution in [2.75, 3.05) is 5.32 Å². The van der Waals surface area contributed by atoms with Crippen LogP contribution in [-0.2, 0) is 0 Å². The summed E-state index contributed by atoms with van der Waals surface area (Å²) in [5.41, 5.74) is 3.20. The van der Waals surface area contributed by atoms with Crippen LogP contribution < -0.4 is 5.32 Å². The minimum Gasteiger partial charge on any atom is -0.324 e. The minimum absolute atomic E-state index is 0.102. The Morgan fingerprint density at radius 3 is 2.61 bits per heavy atom. The highest BCUT2D eigenvalue weighted by atomic mass is 79.9. The lowest BCUT2D eigenvalue weighted by Crippen LogP contribution is -2.01. The zero-order valence-electron chi connectivity index (χ0n) is 15.9. The Morgan fingerprint density at radius 2 is 1.77 bits per heavy atom. The maximum atomic E-state index is 15.0. The summed E-state index contributed by atoms with van der Waals surface area (Å²) in [5, 5.41) is 7.59. The number of hydrogen-bond acceptors (Lipinski definition) is 4. The fourth-order valence-electron chi connectivity index (χ4n) is 3.37. The van der Waals surface area contributed by atoms with Gasteiger partial charge in [-0.05, 0) is 42.5 Å². The lowest BCUT2D eigenvalue weighted by Gasteiger charge is -2.09. The molecule has 5 nitrogen and oxygen atoms in total. The maximum absolute atomic E-state index is 15.0. The summed E-state index contributed by atoms with van der Waals surface area (Å²) in [6, 6.07) is 19.1. The number of benzene rings is 2. The molecule has 0 radical (unpaired) electrons. The molecule has 3 heterocycles. The predicted octanol–water partition coefficient (Wildman–Crippen LogP) is 6.24. The molecule has 5 aromatic rings. The molecule has 0 saturated carbocycles. The van der Waals surface area contributed by atoms with E-state index in [-0.39, 0.29) is 11.6 Å². The zero-order valence-corrected chi connectivity index (χ0v) is 17.5. The van der Waals surface area contributed by atoms with Gasteiger partial charge < -0.3 is 5.32 Å². The molecule has 5 rings (SSSR count). The van der Waals surface area contributed by atoms with Crippen molar-refractivity contribution in [1.29, 1.82) is 0 Å². The van der Waals surface area contributed by atoms with E-state index < -0.39 is 11.6 Å². The first kappa shape index (κ1) is 19.3. The van der Waals surface area contributed by atoms with Crippen molar-refractivity contribution in [3.63, 3.8) is 0 Å². The third-order valence-electron chi connectivity index (χ3n) is 4.70. The van der Waals surface area contributed by atoms with E-state index in [4.69, 9.17) is 0 Å². The topological polar surface area (TPSA) is 55.1 Å². The second-order valence-electron chi connectivity index (χ2n) is 6.79. The van der Waals surface area contributed by atoms with E-state index in [2.05, 4.69) is 36.3 Å². The van der Waals surface area contributed by atoms with E-state index in [0.717, 1.165) is 16.2 Å². The summed E-state index contributed by atoms with van der Waals surface area (Å²) >= 11 is 3.48. The van der Waals surface area contributed by atoms with Gasteiger partial charge in [0, 0.05) is 21.9 Å². The zero-order chi connectivity index (χ0) is 21.4. The smallest absolute Gasteiger partial charge is 0.227 e. The number of aromatic nitrogens is 4. The highest BCUT2D eigenvalue weighted by Crippen LogP contribution is 2.36. The van der Waals surface area contributed by atoms with Crippen LogP contribution in [0.25, 0.3) is 28.0 Å². The van der Waals surface area contributed by atoms with Gasteiger partial charge >= 0.3 is 0 Å². The van der Waals surface area contributed by atoms with Gasteiger partial charge in [0.25, 0.3) is 0 Å². The van der Waals surface area contributed by atoms with Gasteiger partial charge in [-0.2, -0.15) is 5.10 Å². The van der Waals surface area contributed by atoms with Crippen molar-refractivity contribution in [1.82, 2.24) is 19.6 Å². The van der Waals surface area contributed by atoms with Crippen LogP contribution in [0.5, 0.6) is 0 Å². The van der Waals surface area contributed by atoms with Gasteiger partial charge in [0.15, 0.2) is 5.82 Å². The molecule has 0 aliphatic heterocycles. The summed E-state index contributed by atoms with van der Waals surface area (Å²) in [6.07, 6.45) is 2.90. The molecule has 0 unspecified atom stereocenters. The van der Waals surface area contributed by atoms with E-state index in [1.807, 2.05) is 42.5 Å². The van der Waals surface area contributed by atoms with Gasteiger partial charge in [0.05, 0.1) is 17.3 Å². The number of hydrogen-bond donors (Lipinski definition) is 1. The molecule has 3 aromatic heterocycles. The average Bonchev–Trinajstić information content (AvgIpc) is 3.15. The fraction of sp³-hybridized carbons (Fsp3) is 0. The summed E-state index contributed by atoms with van der Waals surface area (Å²) < 4.78 is 31.1. The van der Waals surface area contributed by atoms with Crippen LogP contribution in [-0.4, -0.2) is 19.6 Å². The molecule has 0 fully saturated rings. The minimum atomic E-state index is -0.584. The van der Waals surface area contributed by atoms with Crippen LogP contribution in [0, 0.1) is 11.6 Å². The van der Waals surface area contributed by atoms with E-state index >= 15 is 0 Å². The lowest BCUT2D eigenvalue weighted by molar-refractivity contribution is 0.619. The van der Waals surface area contributed by atoms with Crippen LogP contribution in [0.15, 0.2) is 83.6 Å². The number of nitrogens with zero attached hydrogens (tertiary/aromatic N) is 4. The van der Waals surface area contributed by atoms with E-state index in [9.17, 15) is 8.78 Å². The highest BCUT2D eigenvalue weighted by molar-refractivity contribution is 9.10. The van der Waals surface area contributed by atoms with Crippen molar-refractivity contribution in [3.05, 3.63) is 95.2 Å². The first-order valence-electron chi connectivity index (χ1n) is 9.37. The van der Waals surface area contributed by atoms with Crippen LogP contribution in [0.3, 0.4) is 0 Å². The molecular weight excluding hydrogens is 464 g/mol. The van der Waals surface area contributed by atoms with Crippen molar-refractivity contribution in [2.24, 2.45) is 0 Å². The monoisotopic (exact) mass is 477 g/mol. The SMILES string of the molecule is Fc1cccc(Nc2ncc(F)c(-c3c(-c4cccc(Br)c4)nn4ccccc34)n2)c1. The third-order valence-corrected chi connectivity index (χ3v) is 5.19. The lowest BCUT2D eigenvalue weighted by atomic mass is 10.0. The van der Waals surface area contributed by atoms with Crippen molar-refractivity contribution in [2.45, 2.75) is 0 Å². The fourth-order valence-corrected chi connectivity index (χ4v) is 3.77. The van der Waals surface area contributed by atoms with Crippen molar-refractivity contribution >= 4 is 33.1 Å². The van der Waals surface area contributed by atoms with Gasteiger partial charge in [-0.3, -0.25) is 0 Å². The number of nitrogens with one attached hydrogen (secondary N) is 1. The molecule has 0 aliphatic rings. The normalized spacial score (nSPS) is 11.1. The third kappa shape index (κ3) is 3.77. The highest BCUT2D eigenvalue weighted by Gasteiger charge is 2.21. The standard InChI is InChI=1S/C23H14BrF2N5/c24-15-6-3-5-14(11-15)21-20(19-9-1-2-10-31(19)30-21)22-18(26)13-27-23(29-22)28-17-8-4-7-16(25)12-17/h1-13H,(H,27,28,29). The summed E-state index contributed by atoms with van der Waals surface area (Å²) in [5.74, 6) is -0.829. The van der Waals surface area contributed by atoms with Gasteiger partial charge in [0.2, 0.25) is 5.95 Å². The molecule has 0 spiro atoms. The van der Waals surface area contributed by atoms with Crippen LogP contribution in [0.4, 0.5) is 20.4 Å². The first-order valence-corrected chi connectivity index (χ1v) is 10.2. The molecular formula is C23H14BrF2N5. The molecule has 2 aromatic carbocycles. The number of anilines is 2. The summed E-state index contributed by atoms with van der Waals surface area (Å²) in [7, 11) is 0. The molecule has 8 heteroatoms. The second kappa shape index (κ2) is 7.88. The van der Waals surface area contributed by atoms with Crippen molar-refractivity contribution < 1.29 is 8.78 Å². The first-order chi connectivity index (χ1) is 15.1. The molecule has 0 aliphatic carbocycles. The molecule has 0 bridgehead atoms. The maximum Gasteiger partial charge on any atom is 0.227 e. The molecule has 31 heavy (non-hydrogen) atoms. The van der Waals surface area contributed by atoms with Crippen LogP contribution in [0.1, 0.15) is 0 Å². The Hall–Kier alpha value is -3.65. The Kier molecular flexibility index (Phi) is 4.91. The Balaban J connectivity index is 1.69. The molecule has 152 valence electrons. The van der Waals surface area contributed by atoms with Gasteiger partial charge in [0.1, 0.15) is 17.2 Å². The number of pyridine rings is 1. The Bertz CT molecular complexity index is 1420. The second-order valence-corrected chi connectivity index (χ2v) is 7.71. The Morgan fingerprint density at radius 1 is 0.903 bits per heavy atom. The summed E-state index contributed by atoms with van der Waals surface area (Å²) in [6.45, 7) is 0. The summed E-state index contributed by atoms with van der Waals surface area (Å²) in [4.78, 5) is 8.43. The number of rotatable bonds is 4. The quantitative estimate of drug-likeness (QED) is 0.332. The van der Waals surface area contributed by atoms with E-state index in [1.54, 1.807) is 22.8 Å². The largest absolute Gasteiger partial charge is 0.324 e. The van der Waals surface area contributed by atoms with Gasteiger partial charge in [-0.1, -0.05) is 40.2 Å². The molecule has 0 amide bonds. The molecule has 0 atom stereocenters.